The second kappa shape index (κ2) is 15.0. The molecule has 0 saturated heterocycles. The van der Waals surface area contributed by atoms with Gasteiger partial charge in [0.15, 0.2) is 17.5 Å². The van der Waals surface area contributed by atoms with Crippen LogP contribution >= 0.6 is 0 Å². The fourth-order valence-corrected chi connectivity index (χ4v) is 8.59. The van der Waals surface area contributed by atoms with Gasteiger partial charge in [-0.25, -0.2) is 15.0 Å². The van der Waals surface area contributed by atoms with Crippen LogP contribution in [0.15, 0.2) is 189 Å². The Morgan fingerprint density at radius 1 is 0.610 bits per heavy atom. The van der Waals surface area contributed by atoms with Gasteiger partial charge in [0.2, 0.25) is 0 Å². The van der Waals surface area contributed by atoms with Crippen molar-refractivity contribution in [3.05, 3.63) is 217 Å². The average molecular weight is 760 g/mol. The van der Waals surface area contributed by atoms with Crippen LogP contribution in [0.25, 0.3) is 73.7 Å². The van der Waals surface area contributed by atoms with Crippen LogP contribution < -0.4 is 4.90 Å². The molecule has 0 fully saturated rings. The van der Waals surface area contributed by atoms with Gasteiger partial charge in [-0.05, 0) is 84.5 Å². The van der Waals surface area contributed by atoms with Crippen molar-refractivity contribution in [1.29, 1.82) is 0 Å². The van der Waals surface area contributed by atoms with Crippen LogP contribution in [-0.2, 0) is 6.42 Å². The van der Waals surface area contributed by atoms with Gasteiger partial charge in [-0.15, -0.1) is 0 Å². The Morgan fingerprint density at radius 3 is 1.90 bits per heavy atom. The largest absolute Gasteiger partial charge is 0.309 e. The number of nitrogens with zero attached hydrogens (tertiary/aromatic N) is 5. The summed E-state index contributed by atoms with van der Waals surface area (Å²) in [6.07, 6.45) is 5.13. The van der Waals surface area contributed by atoms with E-state index in [0.717, 1.165) is 79.2 Å². The zero-order valence-corrected chi connectivity index (χ0v) is 33.0. The third-order valence-electron chi connectivity index (χ3n) is 11.2. The Kier molecular flexibility index (Phi) is 9.11. The molecule has 9 aromatic rings. The molecule has 0 bridgehead atoms. The van der Waals surface area contributed by atoms with Gasteiger partial charge in [-0.2, -0.15) is 0 Å². The monoisotopic (exact) mass is 759 g/mol. The molecular weight excluding hydrogens is 719 g/mol. The van der Waals surface area contributed by atoms with Gasteiger partial charge in [0.1, 0.15) is 0 Å². The quantitative estimate of drug-likeness (QED) is 0.147. The highest BCUT2D eigenvalue weighted by Crippen LogP contribution is 2.47. The molecule has 10 rings (SSSR count). The first kappa shape index (κ1) is 35.8. The predicted octanol–water partition coefficient (Wildman–Crippen LogP) is 13.5. The van der Waals surface area contributed by atoms with E-state index in [-0.39, 0.29) is 0 Å². The zero-order chi connectivity index (χ0) is 39.9. The molecule has 5 heteroatoms. The highest BCUT2D eigenvalue weighted by molar-refractivity contribution is 6.01. The van der Waals surface area contributed by atoms with Gasteiger partial charge in [-0.1, -0.05) is 158 Å². The van der Waals surface area contributed by atoms with Crippen molar-refractivity contribution in [2.24, 2.45) is 0 Å². The van der Waals surface area contributed by atoms with Crippen LogP contribution in [0, 0.1) is 6.92 Å². The van der Waals surface area contributed by atoms with Crippen molar-refractivity contribution < 1.29 is 0 Å². The lowest BCUT2D eigenvalue weighted by Gasteiger charge is -2.30. The molecule has 7 aromatic carbocycles. The maximum atomic E-state index is 5.29. The molecule has 0 spiro atoms. The molecule has 5 nitrogen and oxygen atoms in total. The van der Waals surface area contributed by atoms with E-state index in [1.165, 1.54) is 16.7 Å². The molecule has 59 heavy (non-hydrogen) atoms. The predicted molar refractivity (Wildman–Crippen MR) is 245 cm³/mol. The Bertz CT molecular complexity index is 3000. The maximum absolute atomic E-state index is 5.29. The van der Waals surface area contributed by atoms with Gasteiger partial charge in [0, 0.05) is 44.7 Å². The topological polar surface area (TPSA) is 46.8 Å². The highest BCUT2D eigenvalue weighted by atomic mass is 15.2. The van der Waals surface area contributed by atoms with Crippen LogP contribution in [0.5, 0.6) is 0 Å². The minimum absolute atomic E-state index is 0.629. The normalized spacial score (nSPS) is 11.8. The molecular formula is C54H41N5. The van der Waals surface area contributed by atoms with E-state index >= 15 is 0 Å². The number of benzene rings is 7. The summed E-state index contributed by atoms with van der Waals surface area (Å²) in [5.74, 6) is 1.89. The van der Waals surface area contributed by atoms with E-state index in [2.05, 4.69) is 175 Å². The molecule has 0 amide bonds. The van der Waals surface area contributed by atoms with E-state index in [4.69, 9.17) is 21.5 Å². The summed E-state index contributed by atoms with van der Waals surface area (Å²) in [5.41, 5.74) is 16.0. The fourth-order valence-electron chi connectivity index (χ4n) is 8.59. The maximum Gasteiger partial charge on any atom is 0.164 e. The van der Waals surface area contributed by atoms with Crippen LogP contribution in [0.2, 0.25) is 0 Å². The molecule has 1 aliphatic carbocycles. The summed E-state index contributed by atoms with van der Waals surface area (Å²) < 4.78 is 2.39. The molecule has 0 aliphatic heterocycles. The Balaban J connectivity index is 1.28. The smallest absolute Gasteiger partial charge is 0.164 e. The number of hydrogen-bond acceptors (Lipinski definition) is 4. The summed E-state index contributed by atoms with van der Waals surface area (Å²) in [5, 5.41) is 1.14. The molecule has 0 N–H and O–H groups in total. The van der Waals surface area contributed by atoms with Crippen molar-refractivity contribution >= 4 is 34.1 Å². The number of hydrogen-bond donors (Lipinski definition) is 0. The molecule has 1 aliphatic rings. The standard InChI is InChI=1S/C54H41N5/c1-4-20-46-45-30-17-19-32-49(45)59(51(46)37(3)58(42-27-12-7-13-28-42)48-31-18-14-21-36(48)2)43-34-41-33-40-26-15-16-29-44(40)50(41)47(35-43)54-56-52(38-22-8-5-9-23-38)55-53(57-54)39-24-10-6-11-25-39/h4-32,34-35H,3,33H2,1-2H3/b20-4-. The zero-order valence-electron chi connectivity index (χ0n) is 33.0. The van der Waals surface area contributed by atoms with Gasteiger partial charge in [0.05, 0.1) is 16.9 Å². The molecule has 0 atom stereocenters. The minimum Gasteiger partial charge on any atom is -0.309 e. The van der Waals surface area contributed by atoms with Crippen molar-refractivity contribution in [1.82, 2.24) is 19.5 Å². The molecule has 0 unspecified atom stereocenters. The third kappa shape index (κ3) is 6.34. The summed E-state index contributed by atoms with van der Waals surface area (Å²) in [6.45, 7) is 9.20. The second-order valence-electron chi connectivity index (χ2n) is 14.9. The van der Waals surface area contributed by atoms with Crippen LogP contribution in [0.1, 0.15) is 34.9 Å². The number of para-hydroxylation sites is 3. The molecule has 0 saturated carbocycles. The van der Waals surface area contributed by atoms with Gasteiger partial charge in [0.25, 0.3) is 0 Å². The van der Waals surface area contributed by atoms with E-state index < -0.39 is 0 Å². The van der Waals surface area contributed by atoms with E-state index in [0.29, 0.717) is 17.5 Å². The highest BCUT2D eigenvalue weighted by Gasteiger charge is 2.29. The number of fused-ring (bicyclic) bond motifs is 4. The van der Waals surface area contributed by atoms with Crippen molar-refractivity contribution in [2.75, 3.05) is 4.90 Å². The molecule has 2 aromatic heterocycles. The van der Waals surface area contributed by atoms with Crippen molar-refractivity contribution in [3.8, 4) is 51.0 Å². The summed E-state index contributed by atoms with van der Waals surface area (Å²) in [6, 6.07) is 61.5. The average Bonchev–Trinajstić information content (AvgIpc) is 3.83. The summed E-state index contributed by atoms with van der Waals surface area (Å²) >= 11 is 0. The molecule has 282 valence electrons. The van der Waals surface area contributed by atoms with Gasteiger partial charge >= 0.3 is 0 Å². The third-order valence-corrected chi connectivity index (χ3v) is 11.2. The Morgan fingerprint density at radius 2 is 1.20 bits per heavy atom. The number of anilines is 2. The lowest BCUT2D eigenvalue weighted by molar-refractivity contribution is 1.06. The van der Waals surface area contributed by atoms with E-state index in [1.807, 2.05) is 36.4 Å². The molecule has 0 radical (unpaired) electrons. The summed E-state index contributed by atoms with van der Waals surface area (Å²) in [7, 11) is 0. The Labute approximate surface area is 345 Å². The van der Waals surface area contributed by atoms with Crippen LogP contribution in [0.3, 0.4) is 0 Å². The van der Waals surface area contributed by atoms with Crippen LogP contribution in [-0.4, -0.2) is 19.5 Å². The second-order valence-corrected chi connectivity index (χ2v) is 14.9. The lowest BCUT2D eigenvalue weighted by atomic mass is 9.97. The number of aryl methyl sites for hydroxylation is 1. The first-order valence-electron chi connectivity index (χ1n) is 20.1. The molecule has 2 heterocycles. The van der Waals surface area contributed by atoms with Gasteiger partial charge in [-0.3, -0.25) is 0 Å². The first-order valence-corrected chi connectivity index (χ1v) is 20.1. The van der Waals surface area contributed by atoms with Crippen LogP contribution in [0.4, 0.5) is 11.4 Å². The van der Waals surface area contributed by atoms with E-state index in [1.54, 1.807) is 0 Å². The number of rotatable bonds is 9. The van der Waals surface area contributed by atoms with Crippen molar-refractivity contribution in [3.63, 3.8) is 0 Å². The lowest BCUT2D eigenvalue weighted by Crippen LogP contribution is -2.18. The fraction of sp³-hybridized carbons (Fsp3) is 0.0556. The van der Waals surface area contributed by atoms with Gasteiger partial charge < -0.3 is 9.47 Å². The Hall–Kier alpha value is -7.63. The first-order chi connectivity index (χ1) is 29.1. The SMILES string of the molecule is C=C(c1c(/C=C\C)c2ccccc2n1-c1cc2c(c(-c3nc(-c4ccccc4)nc(-c4ccccc4)n3)c1)-c1ccccc1C2)N(c1ccccc1)c1ccccc1C. The summed E-state index contributed by atoms with van der Waals surface area (Å²) in [4.78, 5) is 17.9. The minimum atomic E-state index is 0.629. The number of allylic oxidation sites excluding steroid dienone is 1. The number of aromatic nitrogens is 4. The van der Waals surface area contributed by atoms with E-state index in [9.17, 15) is 0 Å². The van der Waals surface area contributed by atoms with Crippen molar-refractivity contribution in [2.45, 2.75) is 20.3 Å².